The predicted molar refractivity (Wildman–Crippen MR) is 65.0 cm³/mol. The maximum Gasteiger partial charge on any atom is 0.0456 e. The summed E-state index contributed by atoms with van der Waals surface area (Å²) in [4.78, 5) is 3.33. The fourth-order valence-electron chi connectivity index (χ4n) is 1.96. The highest BCUT2D eigenvalue weighted by molar-refractivity contribution is 5.81. The molecule has 3 N–H and O–H groups in total. The molecule has 0 atom stereocenters. The quantitative estimate of drug-likeness (QED) is 0.735. The Labute approximate surface area is 90.5 Å². The maximum absolute atomic E-state index is 5.48. The van der Waals surface area contributed by atoms with Gasteiger partial charge in [0.25, 0.3) is 0 Å². The molecule has 1 aromatic heterocycles. The van der Waals surface area contributed by atoms with Crippen LogP contribution in [0.25, 0.3) is 10.9 Å². The van der Waals surface area contributed by atoms with Crippen LogP contribution in [0.1, 0.15) is 24.1 Å². The van der Waals surface area contributed by atoms with Crippen molar-refractivity contribution in [3.8, 4) is 0 Å². The molecular formula is C13H18N2. The van der Waals surface area contributed by atoms with Gasteiger partial charge in [0.05, 0.1) is 0 Å². The first-order valence-electron chi connectivity index (χ1n) is 5.58. The van der Waals surface area contributed by atoms with Gasteiger partial charge >= 0.3 is 0 Å². The number of aromatic amines is 1. The summed E-state index contributed by atoms with van der Waals surface area (Å²) in [5, 5.41) is 1.32. The topological polar surface area (TPSA) is 41.8 Å². The van der Waals surface area contributed by atoms with E-state index >= 15 is 0 Å². The Morgan fingerprint density at radius 3 is 2.87 bits per heavy atom. The third-order valence-electron chi connectivity index (χ3n) is 2.74. The number of unbranched alkanes of at least 4 members (excludes halogenated alkanes) is 1. The lowest BCUT2D eigenvalue weighted by Gasteiger charge is -2.00. The summed E-state index contributed by atoms with van der Waals surface area (Å²) in [5.74, 6) is 0. The molecular weight excluding hydrogens is 184 g/mol. The molecule has 15 heavy (non-hydrogen) atoms. The summed E-state index contributed by atoms with van der Waals surface area (Å²) >= 11 is 0. The number of H-pyrrole nitrogens is 1. The first-order chi connectivity index (χ1) is 7.29. The fraction of sp³-hybridized carbons (Fsp3) is 0.385. The molecule has 2 heteroatoms. The Morgan fingerprint density at radius 2 is 2.07 bits per heavy atom. The van der Waals surface area contributed by atoms with Gasteiger partial charge in [0.2, 0.25) is 0 Å². The number of hydrogen-bond donors (Lipinski definition) is 2. The Balaban J connectivity index is 2.15. The average Bonchev–Trinajstić information content (AvgIpc) is 2.57. The lowest BCUT2D eigenvalue weighted by Crippen LogP contribution is -1.98. The Hall–Kier alpha value is -1.28. The second kappa shape index (κ2) is 4.49. The van der Waals surface area contributed by atoms with E-state index in [-0.39, 0.29) is 0 Å². The van der Waals surface area contributed by atoms with E-state index in [2.05, 4.69) is 36.2 Å². The van der Waals surface area contributed by atoms with E-state index in [9.17, 15) is 0 Å². The van der Waals surface area contributed by atoms with Crippen LogP contribution in [0, 0.1) is 6.92 Å². The SMILES string of the molecule is Cc1cc2cc(CCCCN)ccc2[nH]1. The standard InChI is InChI=1S/C13H18N2/c1-10-8-12-9-11(4-2-3-7-14)5-6-13(12)15-10/h5-6,8-9,15H,2-4,7,14H2,1H3. The monoisotopic (exact) mass is 202 g/mol. The largest absolute Gasteiger partial charge is 0.359 e. The minimum atomic E-state index is 0.797. The smallest absolute Gasteiger partial charge is 0.0456 e. The molecule has 0 radical (unpaired) electrons. The lowest BCUT2D eigenvalue weighted by molar-refractivity contribution is 0.745. The number of nitrogens with one attached hydrogen (secondary N) is 1. The number of aromatic nitrogens is 1. The zero-order valence-electron chi connectivity index (χ0n) is 9.22. The van der Waals surface area contributed by atoms with Crippen LogP contribution in [0.3, 0.4) is 0 Å². The van der Waals surface area contributed by atoms with Gasteiger partial charge in [0.1, 0.15) is 0 Å². The van der Waals surface area contributed by atoms with Crippen LogP contribution in [0.15, 0.2) is 24.3 Å². The number of fused-ring (bicyclic) bond motifs is 1. The predicted octanol–water partition coefficient (Wildman–Crippen LogP) is 2.76. The van der Waals surface area contributed by atoms with Crippen molar-refractivity contribution in [2.45, 2.75) is 26.2 Å². The van der Waals surface area contributed by atoms with Crippen molar-refractivity contribution < 1.29 is 0 Å². The molecule has 2 rings (SSSR count). The van der Waals surface area contributed by atoms with Crippen molar-refractivity contribution >= 4 is 10.9 Å². The highest BCUT2D eigenvalue weighted by Gasteiger charge is 1.99. The van der Waals surface area contributed by atoms with E-state index in [0.29, 0.717) is 0 Å². The maximum atomic E-state index is 5.48. The Morgan fingerprint density at radius 1 is 1.20 bits per heavy atom. The van der Waals surface area contributed by atoms with Crippen molar-refractivity contribution in [2.75, 3.05) is 6.54 Å². The van der Waals surface area contributed by atoms with E-state index in [1.165, 1.54) is 28.6 Å². The van der Waals surface area contributed by atoms with Gasteiger partial charge in [-0.1, -0.05) is 6.07 Å². The molecule has 0 bridgehead atoms. The summed E-state index contributed by atoms with van der Waals surface area (Å²) < 4.78 is 0. The number of nitrogens with two attached hydrogens (primary N) is 1. The average molecular weight is 202 g/mol. The van der Waals surface area contributed by atoms with Crippen LogP contribution < -0.4 is 5.73 Å². The number of hydrogen-bond acceptors (Lipinski definition) is 1. The third-order valence-corrected chi connectivity index (χ3v) is 2.74. The second-order valence-electron chi connectivity index (χ2n) is 4.12. The lowest BCUT2D eigenvalue weighted by atomic mass is 10.1. The molecule has 2 aromatic rings. The summed E-state index contributed by atoms with van der Waals surface area (Å²) in [7, 11) is 0. The summed E-state index contributed by atoms with van der Waals surface area (Å²) in [6, 6.07) is 8.84. The van der Waals surface area contributed by atoms with Gasteiger partial charge in [-0.25, -0.2) is 0 Å². The molecule has 1 aromatic carbocycles. The highest BCUT2D eigenvalue weighted by atomic mass is 14.7. The number of rotatable bonds is 4. The molecule has 0 spiro atoms. The van der Waals surface area contributed by atoms with E-state index in [4.69, 9.17) is 5.73 Å². The first kappa shape index (κ1) is 10.2. The molecule has 0 saturated heterocycles. The molecule has 0 aliphatic rings. The molecule has 80 valence electrons. The summed E-state index contributed by atoms with van der Waals surface area (Å²) in [5.41, 5.74) is 9.35. The van der Waals surface area contributed by atoms with Crippen molar-refractivity contribution in [2.24, 2.45) is 5.73 Å². The van der Waals surface area contributed by atoms with Crippen LogP contribution in [0.2, 0.25) is 0 Å². The van der Waals surface area contributed by atoms with E-state index in [1.54, 1.807) is 0 Å². The minimum Gasteiger partial charge on any atom is -0.359 e. The van der Waals surface area contributed by atoms with Crippen LogP contribution in [-0.4, -0.2) is 11.5 Å². The van der Waals surface area contributed by atoms with Crippen molar-refractivity contribution in [1.29, 1.82) is 0 Å². The van der Waals surface area contributed by atoms with Crippen molar-refractivity contribution in [1.82, 2.24) is 4.98 Å². The minimum absolute atomic E-state index is 0.797. The fourth-order valence-corrected chi connectivity index (χ4v) is 1.96. The zero-order chi connectivity index (χ0) is 10.7. The third kappa shape index (κ3) is 2.39. The Bertz CT molecular complexity index is 443. The van der Waals surface area contributed by atoms with Gasteiger partial charge in [-0.2, -0.15) is 0 Å². The van der Waals surface area contributed by atoms with Crippen LogP contribution in [-0.2, 0) is 6.42 Å². The van der Waals surface area contributed by atoms with E-state index in [1.807, 2.05) is 0 Å². The van der Waals surface area contributed by atoms with Crippen LogP contribution in [0.4, 0.5) is 0 Å². The van der Waals surface area contributed by atoms with E-state index in [0.717, 1.165) is 19.4 Å². The molecule has 1 heterocycles. The molecule has 0 aliphatic carbocycles. The van der Waals surface area contributed by atoms with E-state index < -0.39 is 0 Å². The van der Waals surface area contributed by atoms with Gasteiger partial charge in [-0.3, -0.25) is 0 Å². The van der Waals surface area contributed by atoms with Gasteiger partial charge in [0.15, 0.2) is 0 Å². The van der Waals surface area contributed by atoms with Crippen LogP contribution in [0.5, 0.6) is 0 Å². The van der Waals surface area contributed by atoms with Gasteiger partial charge in [0, 0.05) is 11.2 Å². The van der Waals surface area contributed by atoms with Gasteiger partial charge in [-0.05, 0) is 61.9 Å². The first-order valence-corrected chi connectivity index (χ1v) is 5.58. The normalized spacial score (nSPS) is 11.1. The molecule has 0 unspecified atom stereocenters. The number of aryl methyl sites for hydroxylation is 2. The molecule has 0 amide bonds. The van der Waals surface area contributed by atoms with Gasteiger partial charge < -0.3 is 10.7 Å². The molecule has 0 fully saturated rings. The zero-order valence-corrected chi connectivity index (χ0v) is 9.22. The molecule has 0 saturated carbocycles. The summed E-state index contributed by atoms with van der Waals surface area (Å²) in [6.07, 6.45) is 3.44. The van der Waals surface area contributed by atoms with Crippen LogP contribution >= 0.6 is 0 Å². The molecule has 2 nitrogen and oxygen atoms in total. The van der Waals surface area contributed by atoms with Crippen molar-refractivity contribution in [3.63, 3.8) is 0 Å². The highest BCUT2D eigenvalue weighted by Crippen LogP contribution is 2.17. The van der Waals surface area contributed by atoms with Crippen molar-refractivity contribution in [3.05, 3.63) is 35.5 Å². The Kier molecular flexibility index (Phi) is 3.07. The number of benzene rings is 1. The molecule has 0 aliphatic heterocycles. The van der Waals surface area contributed by atoms with Gasteiger partial charge in [-0.15, -0.1) is 0 Å². The summed E-state index contributed by atoms with van der Waals surface area (Å²) in [6.45, 7) is 2.89. The second-order valence-corrected chi connectivity index (χ2v) is 4.12.